The van der Waals surface area contributed by atoms with Crippen molar-refractivity contribution in [1.82, 2.24) is 10.6 Å². The first kappa shape index (κ1) is 25.1. The third kappa shape index (κ3) is 11.5. The number of rotatable bonds is 15. The van der Waals surface area contributed by atoms with Gasteiger partial charge in [-0.05, 0) is 50.7 Å². The Bertz CT molecular complexity index is 506. The zero-order valence-corrected chi connectivity index (χ0v) is 16.4. The van der Waals surface area contributed by atoms with Crippen molar-refractivity contribution in [3.63, 3.8) is 0 Å². The van der Waals surface area contributed by atoms with Gasteiger partial charge in [0, 0.05) is 6.42 Å². The molecule has 0 spiro atoms. The van der Waals surface area contributed by atoms with Gasteiger partial charge < -0.3 is 32.9 Å². The van der Waals surface area contributed by atoms with Crippen molar-refractivity contribution in [2.75, 3.05) is 18.6 Å². The van der Waals surface area contributed by atoms with Gasteiger partial charge in [0.2, 0.25) is 17.7 Å². The van der Waals surface area contributed by atoms with E-state index in [0.717, 1.165) is 0 Å². The third-order valence-corrected chi connectivity index (χ3v) is 4.49. The predicted octanol–water partition coefficient (Wildman–Crippen LogP) is -1.48. The molecule has 0 aromatic heterocycles. The summed E-state index contributed by atoms with van der Waals surface area (Å²) in [5.41, 5.74) is 16.1. The summed E-state index contributed by atoms with van der Waals surface area (Å²) in [5.74, 6) is -2.31. The first-order chi connectivity index (χ1) is 12.7. The highest BCUT2D eigenvalue weighted by Gasteiger charge is 2.27. The highest BCUT2D eigenvalue weighted by Crippen LogP contribution is 2.06. The molecule has 0 saturated carbocycles. The lowest BCUT2D eigenvalue weighted by Crippen LogP contribution is -2.54. The van der Waals surface area contributed by atoms with Gasteiger partial charge in [0.15, 0.2) is 0 Å². The van der Waals surface area contributed by atoms with Crippen LogP contribution < -0.4 is 27.8 Å². The number of carboxylic acids is 1. The van der Waals surface area contributed by atoms with E-state index in [4.69, 9.17) is 17.2 Å². The number of thioether (sulfide) groups is 1. The monoisotopic (exact) mass is 405 g/mol. The fourth-order valence-corrected chi connectivity index (χ4v) is 2.71. The molecule has 3 amide bonds. The Balaban J connectivity index is 4.87. The van der Waals surface area contributed by atoms with Crippen LogP contribution in [0.4, 0.5) is 0 Å². The first-order valence-corrected chi connectivity index (χ1v) is 10.2. The lowest BCUT2D eigenvalue weighted by atomic mass is 10.1. The van der Waals surface area contributed by atoms with Crippen LogP contribution in [0.25, 0.3) is 0 Å². The van der Waals surface area contributed by atoms with Crippen molar-refractivity contribution in [2.24, 2.45) is 17.2 Å². The largest absolute Gasteiger partial charge is 0.480 e. The zero-order valence-electron chi connectivity index (χ0n) is 15.6. The van der Waals surface area contributed by atoms with E-state index in [1.165, 1.54) is 11.8 Å². The smallest absolute Gasteiger partial charge is 0.326 e. The molecule has 0 aromatic rings. The van der Waals surface area contributed by atoms with Crippen LogP contribution in [-0.4, -0.2) is 65.5 Å². The molecule has 156 valence electrons. The normalized spacial score (nSPS) is 14.0. The minimum absolute atomic E-state index is 0.0432. The molecule has 11 heteroatoms. The van der Waals surface area contributed by atoms with Gasteiger partial charge in [-0.15, -0.1) is 0 Å². The number of carbonyl (C=O) groups excluding carboxylic acids is 3. The number of hydrogen-bond acceptors (Lipinski definition) is 7. The molecule has 0 aliphatic rings. The summed E-state index contributed by atoms with van der Waals surface area (Å²) in [6.45, 7) is 0.440. The SMILES string of the molecule is CSCC[C@H](NC(=O)[C@@H](N)CCC(N)=O)C(=O)N[C@@H](CCCCN)C(=O)O. The maximum atomic E-state index is 12.5. The molecule has 0 aliphatic carbocycles. The second kappa shape index (κ2) is 14.2. The summed E-state index contributed by atoms with van der Waals surface area (Å²) < 4.78 is 0. The number of carbonyl (C=O) groups is 4. The summed E-state index contributed by atoms with van der Waals surface area (Å²) in [4.78, 5) is 46.8. The van der Waals surface area contributed by atoms with Crippen LogP contribution in [0.15, 0.2) is 0 Å². The quantitative estimate of drug-likeness (QED) is 0.178. The molecule has 9 N–H and O–H groups in total. The lowest BCUT2D eigenvalue weighted by molar-refractivity contribution is -0.142. The maximum absolute atomic E-state index is 12.5. The number of primary amides is 1. The van der Waals surface area contributed by atoms with E-state index in [-0.39, 0.29) is 19.3 Å². The molecule has 27 heavy (non-hydrogen) atoms. The average Bonchev–Trinajstić information content (AvgIpc) is 2.61. The van der Waals surface area contributed by atoms with Crippen LogP contribution in [0.1, 0.15) is 38.5 Å². The summed E-state index contributed by atoms with van der Waals surface area (Å²) in [6.07, 6.45) is 3.65. The van der Waals surface area contributed by atoms with Crippen LogP contribution in [0.2, 0.25) is 0 Å². The molecule has 0 fully saturated rings. The summed E-state index contributed by atoms with van der Waals surface area (Å²) in [7, 11) is 0. The molecule has 0 radical (unpaired) electrons. The van der Waals surface area contributed by atoms with Crippen molar-refractivity contribution in [1.29, 1.82) is 0 Å². The van der Waals surface area contributed by atoms with Crippen molar-refractivity contribution in [3.8, 4) is 0 Å². The van der Waals surface area contributed by atoms with Crippen LogP contribution in [0.5, 0.6) is 0 Å². The summed E-state index contributed by atoms with van der Waals surface area (Å²) in [6, 6.07) is -2.95. The number of nitrogens with one attached hydrogen (secondary N) is 2. The molecule has 0 bridgehead atoms. The number of aliphatic carboxylic acids is 1. The molecule has 0 heterocycles. The zero-order chi connectivity index (χ0) is 20.8. The fraction of sp³-hybridized carbons (Fsp3) is 0.750. The van der Waals surface area contributed by atoms with Gasteiger partial charge in [0.1, 0.15) is 12.1 Å². The number of amides is 3. The highest BCUT2D eigenvalue weighted by atomic mass is 32.2. The van der Waals surface area contributed by atoms with E-state index in [0.29, 0.717) is 31.6 Å². The van der Waals surface area contributed by atoms with Crippen LogP contribution in [0, 0.1) is 0 Å². The van der Waals surface area contributed by atoms with Gasteiger partial charge >= 0.3 is 5.97 Å². The Hall–Kier alpha value is -1.85. The Morgan fingerprint density at radius 1 is 1.00 bits per heavy atom. The molecule has 0 rings (SSSR count). The Morgan fingerprint density at radius 3 is 2.15 bits per heavy atom. The Morgan fingerprint density at radius 2 is 1.63 bits per heavy atom. The molecule has 10 nitrogen and oxygen atoms in total. The van der Waals surface area contributed by atoms with Gasteiger partial charge in [0.25, 0.3) is 0 Å². The number of carboxylic acid groups (broad SMARTS) is 1. The first-order valence-electron chi connectivity index (χ1n) is 8.79. The van der Waals surface area contributed by atoms with Gasteiger partial charge in [-0.1, -0.05) is 0 Å². The van der Waals surface area contributed by atoms with Crippen molar-refractivity contribution in [3.05, 3.63) is 0 Å². The molecule has 0 aliphatic heterocycles. The van der Waals surface area contributed by atoms with Crippen molar-refractivity contribution >= 4 is 35.5 Å². The van der Waals surface area contributed by atoms with Crippen molar-refractivity contribution < 1.29 is 24.3 Å². The van der Waals surface area contributed by atoms with Crippen LogP contribution in [0.3, 0.4) is 0 Å². The van der Waals surface area contributed by atoms with E-state index in [9.17, 15) is 24.3 Å². The van der Waals surface area contributed by atoms with Crippen LogP contribution in [-0.2, 0) is 19.2 Å². The third-order valence-electron chi connectivity index (χ3n) is 3.84. The second-order valence-corrected chi connectivity index (χ2v) is 7.12. The highest BCUT2D eigenvalue weighted by molar-refractivity contribution is 7.98. The summed E-state index contributed by atoms with van der Waals surface area (Å²) in [5, 5.41) is 14.3. The fourth-order valence-electron chi connectivity index (χ4n) is 2.23. The van der Waals surface area contributed by atoms with E-state index in [1.807, 2.05) is 6.26 Å². The Kier molecular flexibility index (Phi) is 13.3. The van der Waals surface area contributed by atoms with E-state index in [1.54, 1.807) is 0 Å². The van der Waals surface area contributed by atoms with Gasteiger partial charge in [0.05, 0.1) is 6.04 Å². The van der Waals surface area contributed by atoms with Crippen molar-refractivity contribution in [2.45, 2.75) is 56.7 Å². The number of unbranched alkanes of at least 4 members (excludes halogenated alkanes) is 1. The number of hydrogen-bond donors (Lipinski definition) is 6. The standard InChI is InChI=1S/C16H31N5O5S/c1-27-9-7-11(20-14(23)10(18)5-6-13(19)22)15(24)21-12(16(25)26)4-2-3-8-17/h10-12H,2-9,17-18H2,1H3,(H2,19,22)(H,20,23)(H,21,24)(H,25,26)/t10-,11-,12-/m0/s1. The number of nitrogens with two attached hydrogens (primary N) is 3. The molecule has 0 unspecified atom stereocenters. The second-order valence-electron chi connectivity index (χ2n) is 6.14. The van der Waals surface area contributed by atoms with Crippen LogP contribution >= 0.6 is 11.8 Å². The van der Waals surface area contributed by atoms with Gasteiger partial charge in [-0.25, -0.2) is 4.79 Å². The van der Waals surface area contributed by atoms with E-state index >= 15 is 0 Å². The molecule has 0 aromatic carbocycles. The topological polar surface area (TPSA) is 191 Å². The molecule has 0 saturated heterocycles. The van der Waals surface area contributed by atoms with Gasteiger partial charge in [-0.3, -0.25) is 14.4 Å². The van der Waals surface area contributed by atoms with Gasteiger partial charge in [-0.2, -0.15) is 11.8 Å². The Labute approximate surface area is 163 Å². The average molecular weight is 406 g/mol. The lowest BCUT2D eigenvalue weighted by Gasteiger charge is -2.22. The minimum Gasteiger partial charge on any atom is -0.480 e. The van der Waals surface area contributed by atoms with E-state index in [2.05, 4.69) is 10.6 Å². The minimum atomic E-state index is -1.14. The maximum Gasteiger partial charge on any atom is 0.326 e. The molecular weight excluding hydrogens is 374 g/mol. The summed E-state index contributed by atoms with van der Waals surface area (Å²) >= 11 is 1.49. The molecular formula is C16H31N5O5S. The molecule has 3 atom stereocenters. The van der Waals surface area contributed by atoms with E-state index < -0.39 is 41.8 Å². The predicted molar refractivity (Wildman–Crippen MR) is 104 cm³/mol.